The normalized spacial score (nSPS) is 20.7. The van der Waals surface area contributed by atoms with Crippen molar-refractivity contribution in [3.05, 3.63) is 54.1 Å². The van der Waals surface area contributed by atoms with Crippen molar-refractivity contribution in [1.82, 2.24) is 0 Å². The number of hydrogen-bond acceptors (Lipinski definition) is 1. The number of alkyl halides is 3. The van der Waals surface area contributed by atoms with Gasteiger partial charge in [-0.15, -0.1) is 0 Å². The van der Waals surface area contributed by atoms with Crippen molar-refractivity contribution in [1.29, 1.82) is 0 Å². The quantitative estimate of drug-likeness (QED) is 0.300. The van der Waals surface area contributed by atoms with E-state index < -0.39 is 11.7 Å². The molecule has 1 aliphatic carbocycles. The minimum atomic E-state index is -4.33. The van der Waals surface area contributed by atoms with Gasteiger partial charge in [0.2, 0.25) is 0 Å². The minimum Gasteiger partial charge on any atom is -0.493 e. The van der Waals surface area contributed by atoms with E-state index in [1.54, 1.807) is 6.07 Å². The highest BCUT2D eigenvalue weighted by Gasteiger charge is 2.30. The maximum absolute atomic E-state index is 12.7. The summed E-state index contributed by atoms with van der Waals surface area (Å²) in [6.07, 6.45) is 14.1. The Balaban J connectivity index is 1.71. The second-order valence-corrected chi connectivity index (χ2v) is 7.30. The predicted molar refractivity (Wildman–Crippen MR) is 105 cm³/mol. The first-order chi connectivity index (χ1) is 13.0. The van der Waals surface area contributed by atoms with Gasteiger partial charge in [-0.3, -0.25) is 0 Å². The molecule has 0 amide bonds. The molecule has 2 atom stereocenters. The van der Waals surface area contributed by atoms with Gasteiger partial charge in [0.1, 0.15) is 5.75 Å². The van der Waals surface area contributed by atoms with Crippen molar-refractivity contribution in [2.45, 2.75) is 64.5 Å². The summed E-state index contributed by atoms with van der Waals surface area (Å²) in [4.78, 5) is 0. The van der Waals surface area contributed by atoms with Crippen LogP contribution in [0.2, 0.25) is 0 Å². The number of ether oxygens (including phenoxy) is 1. The molecule has 1 aromatic carbocycles. The van der Waals surface area contributed by atoms with Crippen LogP contribution in [0.3, 0.4) is 0 Å². The largest absolute Gasteiger partial charge is 0.493 e. The molecule has 1 aromatic rings. The van der Waals surface area contributed by atoms with Crippen LogP contribution in [-0.2, 0) is 6.18 Å². The fourth-order valence-corrected chi connectivity index (χ4v) is 3.60. The van der Waals surface area contributed by atoms with Crippen LogP contribution in [0, 0.1) is 11.8 Å². The molecule has 0 aromatic heterocycles. The van der Waals surface area contributed by atoms with Crippen molar-refractivity contribution in [3.63, 3.8) is 0 Å². The van der Waals surface area contributed by atoms with Crippen molar-refractivity contribution in [3.8, 4) is 5.75 Å². The maximum Gasteiger partial charge on any atom is 0.416 e. The Bertz CT molecular complexity index is 604. The summed E-state index contributed by atoms with van der Waals surface area (Å²) < 4.78 is 43.6. The fourth-order valence-electron chi connectivity index (χ4n) is 3.60. The highest BCUT2D eigenvalue weighted by molar-refractivity contribution is 5.30. The number of hydrogen-bond donors (Lipinski definition) is 0. The van der Waals surface area contributed by atoms with E-state index in [1.807, 2.05) is 0 Å². The second kappa shape index (κ2) is 11.2. The van der Waals surface area contributed by atoms with E-state index in [0.717, 1.165) is 24.5 Å². The van der Waals surface area contributed by atoms with E-state index in [2.05, 4.69) is 31.2 Å². The predicted octanol–water partition coefficient (Wildman–Crippen LogP) is 7.58. The Morgan fingerprint density at radius 2 is 1.96 bits per heavy atom. The van der Waals surface area contributed by atoms with Crippen LogP contribution in [0.4, 0.5) is 13.2 Å². The van der Waals surface area contributed by atoms with Gasteiger partial charge >= 0.3 is 6.18 Å². The van der Waals surface area contributed by atoms with Gasteiger partial charge in [-0.05, 0) is 62.1 Å². The summed E-state index contributed by atoms with van der Waals surface area (Å²) in [7, 11) is 0. The van der Waals surface area contributed by atoms with Crippen LogP contribution >= 0.6 is 0 Å². The summed E-state index contributed by atoms with van der Waals surface area (Å²) in [6.45, 7) is 2.61. The molecule has 0 heterocycles. The molecule has 0 N–H and O–H groups in total. The zero-order valence-corrected chi connectivity index (χ0v) is 16.2. The average molecular weight is 380 g/mol. The van der Waals surface area contributed by atoms with E-state index in [4.69, 9.17) is 4.74 Å². The third-order valence-corrected chi connectivity index (χ3v) is 5.15. The highest BCUT2D eigenvalue weighted by Crippen LogP contribution is 2.35. The summed E-state index contributed by atoms with van der Waals surface area (Å²) >= 11 is 0. The van der Waals surface area contributed by atoms with E-state index in [1.165, 1.54) is 44.6 Å². The molecule has 0 spiro atoms. The van der Waals surface area contributed by atoms with Gasteiger partial charge in [0, 0.05) is 0 Å². The summed E-state index contributed by atoms with van der Waals surface area (Å²) in [6, 6.07) is 5.06. The molecular formula is C23H31F3O. The van der Waals surface area contributed by atoms with Gasteiger partial charge in [0.15, 0.2) is 0 Å². The molecule has 0 aliphatic heterocycles. The Kier molecular flexibility index (Phi) is 8.96. The number of benzene rings is 1. The second-order valence-electron chi connectivity index (χ2n) is 7.30. The third-order valence-electron chi connectivity index (χ3n) is 5.15. The standard InChI is InChI=1S/C23H31F3O/c1-2-3-4-5-6-11-19-13-9-14-20(19)12-7-8-17-27-22-16-10-15-21(18-22)23(24,25)26/h5-7,10,12,15-16,18-20H,2-4,8-9,11,13-14,17H2,1H3/b6-5-,12-7+. The molecule has 0 bridgehead atoms. The Labute approximate surface area is 161 Å². The van der Waals surface area contributed by atoms with Gasteiger partial charge in [-0.25, -0.2) is 0 Å². The Hall–Kier alpha value is -1.71. The molecule has 27 heavy (non-hydrogen) atoms. The SMILES string of the molecule is CCCC/C=C\CC1CCCC1/C=C/CCOc1cccc(C(F)(F)F)c1. The van der Waals surface area contributed by atoms with Crippen LogP contribution in [-0.4, -0.2) is 6.61 Å². The smallest absolute Gasteiger partial charge is 0.416 e. The first-order valence-corrected chi connectivity index (χ1v) is 10.1. The number of rotatable bonds is 10. The topological polar surface area (TPSA) is 9.23 Å². The molecule has 0 radical (unpaired) electrons. The zero-order valence-electron chi connectivity index (χ0n) is 16.2. The monoisotopic (exact) mass is 380 g/mol. The first kappa shape index (κ1) is 21.6. The van der Waals surface area contributed by atoms with Gasteiger partial charge in [-0.2, -0.15) is 13.2 Å². The molecule has 2 unspecified atom stereocenters. The number of unbranched alkanes of at least 4 members (excludes halogenated alkanes) is 2. The number of halogens is 3. The lowest BCUT2D eigenvalue weighted by molar-refractivity contribution is -0.137. The summed E-state index contributed by atoms with van der Waals surface area (Å²) in [5.74, 6) is 1.62. The van der Waals surface area contributed by atoms with Gasteiger partial charge in [-0.1, -0.05) is 56.6 Å². The molecule has 1 saturated carbocycles. The Morgan fingerprint density at radius 3 is 2.74 bits per heavy atom. The fraction of sp³-hybridized carbons (Fsp3) is 0.565. The molecule has 4 heteroatoms. The molecule has 1 nitrogen and oxygen atoms in total. The molecule has 2 rings (SSSR count). The van der Waals surface area contributed by atoms with Crippen molar-refractivity contribution < 1.29 is 17.9 Å². The van der Waals surface area contributed by atoms with Gasteiger partial charge in [0.05, 0.1) is 12.2 Å². The summed E-state index contributed by atoms with van der Waals surface area (Å²) in [5.41, 5.74) is -0.670. The van der Waals surface area contributed by atoms with Crippen LogP contribution in [0.25, 0.3) is 0 Å². The molecule has 0 saturated heterocycles. The molecular weight excluding hydrogens is 349 g/mol. The maximum atomic E-state index is 12.7. The summed E-state index contributed by atoms with van der Waals surface area (Å²) in [5, 5.41) is 0. The van der Waals surface area contributed by atoms with Crippen LogP contribution in [0.5, 0.6) is 5.75 Å². The van der Waals surface area contributed by atoms with Crippen LogP contribution in [0.15, 0.2) is 48.6 Å². The average Bonchev–Trinajstić information content (AvgIpc) is 3.08. The molecule has 1 fully saturated rings. The van der Waals surface area contributed by atoms with Gasteiger partial charge in [0.25, 0.3) is 0 Å². The van der Waals surface area contributed by atoms with E-state index in [9.17, 15) is 13.2 Å². The van der Waals surface area contributed by atoms with Crippen molar-refractivity contribution in [2.24, 2.45) is 11.8 Å². The minimum absolute atomic E-state index is 0.272. The van der Waals surface area contributed by atoms with Crippen molar-refractivity contribution in [2.75, 3.05) is 6.61 Å². The lowest BCUT2D eigenvalue weighted by atomic mass is 9.92. The van der Waals surface area contributed by atoms with Gasteiger partial charge < -0.3 is 4.74 Å². The van der Waals surface area contributed by atoms with E-state index in [0.29, 0.717) is 18.9 Å². The molecule has 1 aliphatic rings. The first-order valence-electron chi connectivity index (χ1n) is 10.1. The van der Waals surface area contributed by atoms with E-state index >= 15 is 0 Å². The lowest BCUT2D eigenvalue weighted by Crippen LogP contribution is -2.05. The third kappa shape index (κ3) is 7.82. The van der Waals surface area contributed by atoms with Crippen LogP contribution < -0.4 is 4.74 Å². The molecule has 150 valence electrons. The zero-order chi connectivity index (χ0) is 19.5. The highest BCUT2D eigenvalue weighted by atomic mass is 19.4. The Morgan fingerprint density at radius 1 is 1.11 bits per heavy atom. The number of allylic oxidation sites excluding steroid dienone is 3. The van der Waals surface area contributed by atoms with E-state index in [-0.39, 0.29) is 5.75 Å². The van der Waals surface area contributed by atoms with Crippen molar-refractivity contribution >= 4 is 0 Å². The van der Waals surface area contributed by atoms with Crippen LogP contribution in [0.1, 0.15) is 63.9 Å². The lowest BCUT2D eigenvalue weighted by Gasteiger charge is -2.14.